The molecular weight excluding hydrogens is 418 g/mol. The number of nitrogens with zero attached hydrogens (tertiary/aromatic N) is 5. The number of carbonyl (C=O) groups excluding carboxylic acids is 1. The molecule has 1 saturated heterocycles. The molecule has 1 atom stereocenters. The van der Waals surface area contributed by atoms with Crippen molar-refractivity contribution in [3.63, 3.8) is 0 Å². The Hall–Kier alpha value is -3.52. The van der Waals surface area contributed by atoms with Crippen LogP contribution in [0.15, 0.2) is 54.6 Å². The number of aromatic carboxylic acids is 1. The molecule has 2 aliphatic heterocycles. The first kappa shape index (κ1) is 21.3. The van der Waals surface area contributed by atoms with E-state index in [0.29, 0.717) is 18.7 Å². The van der Waals surface area contributed by atoms with Crippen LogP contribution < -0.4 is 0 Å². The fourth-order valence-electron chi connectivity index (χ4n) is 4.83. The van der Waals surface area contributed by atoms with E-state index < -0.39 is 5.97 Å². The summed E-state index contributed by atoms with van der Waals surface area (Å²) in [5, 5.41) is 18.2. The molecule has 1 N–H and O–H groups in total. The minimum absolute atomic E-state index is 0.0727. The van der Waals surface area contributed by atoms with Crippen molar-refractivity contribution in [2.24, 2.45) is 0 Å². The summed E-state index contributed by atoms with van der Waals surface area (Å²) < 4.78 is 2.23. The Morgan fingerprint density at radius 1 is 0.939 bits per heavy atom. The molecule has 2 aromatic carbocycles. The molecule has 0 bridgehead atoms. The van der Waals surface area contributed by atoms with Gasteiger partial charge in [0.2, 0.25) is 0 Å². The second kappa shape index (κ2) is 9.15. The van der Waals surface area contributed by atoms with Crippen LogP contribution in [0, 0.1) is 0 Å². The molecule has 3 aromatic rings. The number of benzene rings is 2. The average molecular weight is 446 g/mol. The van der Waals surface area contributed by atoms with Crippen LogP contribution in [0.5, 0.6) is 0 Å². The fraction of sp³-hybridized carbons (Fsp3) is 0.360. The number of amides is 1. The maximum Gasteiger partial charge on any atom is 0.335 e. The molecule has 8 heteroatoms. The highest BCUT2D eigenvalue weighted by molar-refractivity contribution is 5.94. The Morgan fingerprint density at radius 2 is 1.76 bits per heavy atom. The van der Waals surface area contributed by atoms with Crippen molar-refractivity contribution in [2.75, 3.05) is 26.2 Å². The first-order valence-electron chi connectivity index (χ1n) is 11.4. The standard InChI is InChI=1S/C25H27N5O3/c31-24(19-6-2-1-3-7-19)29-12-9-21(17-29)23-27-26-22-10-11-28(13-14-30(22)23)16-18-5-4-8-20(15-18)25(32)33/h1-8,15,21H,9-14,16-17H2,(H,32,33). The van der Waals surface area contributed by atoms with Gasteiger partial charge in [-0.1, -0.05) is 30.3 Å². The molecule has 0 radical (unpaired) electrons. The predicted molar refractivity (Wildman–Crippen MR) is 122 cm³/mol. The monoisotopic (exact) mass is 445 g/mol. The maximum atomic E-state index is 12.8. The topological polar surface area (TPSA) is 91.6 Å². The summed E-state index contributed by atoms with van der Waals surface area (Å²) in [6.07, 6.45) is 1.69. The Bertz CT molecular complexity index is 1160. The SMILES string of the molecule is O=C(O)c1cccc(CN2CCc3nnc(C4CCN(C(=O)c5ccccc5)C4)n3CC2)c1. The van der Waals surface area contributed by atoms with Crippen LogP contribution in [-0.4, -0.2) is 67.7 Å². The minimum Gasteiger partial charge on any atom is -0.478 e. The van der Waals surface area contributed by atoms with Crippen LogP contribution in [0.4, 0.5) is 0 Å². The van der Waals surface area contributed by atoms with Crippen LogP contribution in [0.3, 0.4) is 0 Å². The van der Waals surface area contributed by atoms with Crippen molar-refractivity contribution in [1.82, 2.24) is 24.6 Å². The van der Waals surface area contributed by atoms with Gasteiger partial charge in [0.1, 0.15) is 11.6 Å². The number of likely N-dealkylation sites (tertiary alicyclic amines) is 1. The summed E-state index contributed by atoms with van der Waals surface area (Å²) in [6, 6.07) is 16.6. The van der Waals surface area contributed by atoms with Crippen LogP contribution in [-0.2, 0) is 19.5 Å². The van der Waals surface area contributed by atoms with Gasteiger partial charge in [-0.25, -0.2) is 4.79 Å². The largest absolute Gasteiger partial charge is 0.478 e. The van der Waals surface area contributed by atoms with Gasteiger partial charge in [0.15, 0.2) is 0 Å². The lowest BCUT2D eigenvalue weighted by molar-refractivity contribution is 0.0695. The number of fused-ring (bicyclic) bond motifs is 1. The molecule has 33 heavy (non-hydrogen) atoms. The van der Waals surface area contributed by atoms with E-state index in [1.807, 2.05) is 41.3 Å². The van der Waals surface area contributed by atoms with Gasteiger partial charge in [0.05, 0.1) is 5.56 Å². The molecule has 170 valence electrons. The van der Waals surface area contributed by atoms with Crippen LogP contribution in [0.25, 0.3) is 0 Å². The van der Waals surface area contributed by atoms with Crippen LogP contribution >= 0.6 is 0 Å². The van der Waals surface area contributed by atoms with Crippen molar-refractivity contribution in [3.05, 3.63) is 82.9 Å². The Kier molecular flexibility index (Phi) is 5.92. The highest BCUT2D eigenvalue weighted by atomic mass is 16.4. The van der Waals surface area contributed by atoms with E-state index in [9.17, 15) is 14.7 Å². The average Bonchev–Trinajstić information content (AvgIpc) is 3.43. The molecule has 0 saturated carbocycles. The molecule has 1 unspecified atom stereocenters. The van der Waals surface area contributed by atoms with E-state index >= 15 is 0 Å². The first-order chi connectivity index (χ1) is 16.1. The lowest BCUT2D eigenvalue weighted by atomic mass is 10.1. The number of aromatic nitrogens is 3. The summed E-state index contributed by atoms with van der Waals surface area (Å²) in [5.41, 5.74) is 2.04. The Balaban J connectivity index is 1.24. The van der Waals surface area contributed by atoms with E-state index in [1.165, 1.54) is 0 Å². The van der Waals surface area contributed by atoms with Gasteiger partial charge in [0, 0.05) is 57.2 Å². The number of rotatable bonds is 5. The molecule has 2 aliphatic rings. The van der Waals surface area contributed by atoms with Crippen molar-refractivity contribution < 1.29 is 14.7 Å². The molecule has 1 amide bonds. The third-order valence-electron chi connectivity index (χ3n) is 6.59. The Morgan fingerprint density at radius 3 is 2.58 bits per heavy atom. The van der Waals surface area contributed by atoms with Crippen molar-refractivity contribution in [2.45, 2.75) is 31.8 Å². The number of carboxylic acids is 1. The number of carboxylic acid groups (broad SMARTS) is 1. The summed E-state index contributed by atoms with van der Waals surface area (Å²) in [7, 11) is 0. The van der Waals surface area contributed by atoms with Gasteiger partial charge in [-0.3, -0.25) is 9.69 Å². The van der Waals surface area contributed by atoms with Crippen molar-refractivity contribution in [3.8, 4) is 0 Å². The number of hydrogen-bond acceptors (Lipinski definition) is 5. The first-order valence-corrected chi connectivity index (χ1v) is 11.4. The van der Waals surface area contributed by atoms with E-state index in [2.05, 4.69) is 19.7 Å². The molecule has 1 aromatic heterocycles. The normalized spacial score (nSPS) is 18.7. The molecular formula is C25H27N5O3. The summed E-state index contributed by atoms with van der Waals surface area (Å²) in [4.78, 5) is 28.3. The van der Waals surface area contributed by atoms with Gasteiger partial charge >= 0.3 is 5.97 Å². The third-order valence-corrected chi connectivity index (χ3v) is 6.59. The van der Waals surface area contributed by atoms with Gasteiger partial charge in [-0.05, 0) is 36.2 Å². The van der Waals surface area contributed by atoms with E-state index in [4.69, 9.17) is 0 Å². The predicted octanol–water partition coefficient (Wildman–Crippen LogP) is 2.66. The van der Waals surface area contributed by atoms with Gasteiger partial charge < -0.3 is 14.6 Å². The van der Waals surface area contributed by atoms with Gasteiger partial charge in [0.25, 0.3) is 5.91 Å². The third kappa shape index (κ3) is 4.52. The van der Waals surface area contributed by atoms with Crippen molar-refractivity contribution >= 4 is 11.9 Å². The van der Waals surface area contributed by atoms with Crippen LogP contribution in [0.2, 0.25) is 0 Å². The highest BCUT2D eigenvalue weighted by Crippen LogP contribution is 2.28. The lowest BCUT2D eigenvalue weighted by Crippen LogP contribution is -2.29. The van der Waals surface area contributed by atoms with Crippen molar-refractivity contribution in [1.29, 1.82) is 0 Å². The number of carbonyl (C=O) groups is 2. The quantitative estimate of drug-likeness (QED) is 0.649. The van der Waals surface area contributed by atoms with Gasteiger partial charge in [-0.15, -0.1) is 10.2 Å². The summed E-state index contributed by atoms with van der Waals surface area (Å²) in [6.45, 7) is 4.58. The van der Waals surface area contributed by atoms with E-state index in [-0.39, 0.29) is 11.8 Å². The maximum absolute atomic E-state index is 12.8. The lowest BCUT2D eigenvalue weighted by Gasteiger charge is -2.20. The van der Waals surface area contributed by atoms with E-state index in [1.54, 1.807) is 18.2 Å². The summed E-state index contributed by atoms with van der Waals surface area (Å²) in [5.74, 6) is 1.32. The van der Waals surface area contributed by atoms with Crippen LogP contribution in [0.1, 0.15) is 50.3 Å². The summed E-state index contributed by atoms with van der Waals surface area (Å²) >= 11 is 0. The fourth-order valence-corrected chi connectivity index (χ4v) is 4.83. The highest BCUT2D eigenvalue weighted by Gasteiger charge is 2.32. The van der Waals surface area contributed by atoms with Gasteiger partial charge in [-0.2, -0.15) is 0 Å². The number of hydrogen-bond donors (Lipinski definition) is 1. The zero-order valence-corrected chi connectivity index (χ0v) is 18.4. The minimum atomic E-state index is -0.903. The smallest absolute Gasteiger partial charge is 0.335 e. The second-order valence-corrected chi connectivity index (χ2v) is 8.76. The molecule has 8 nitrogen and oxygen atoms in total. The second-order valence-electron chi connectivity index (χ2n) is 8.76. The molecule has 0 aliphatic carbocycles. The zero-order valence-electron chi connectivity index (χ0n) is 18.4. The zero-order chi connectivity index (χ0) is 22.8. The molecule has 0 spiro atoms. The molecule has 1 fully saturated rings. The molecule has 5 rings (SSSR count). The van der Waals surface area contributed by atoms with E-state index in [0.717, 1.165) is 61.8 Å². The Labute approximate surface area is 192 Å². The molecule has 3 heterocycles.